The lowest BCUT2D eigenvalue weighted by Crippen LogP contribution is -1.86. The molecule has 0 saturated heterocycles. The van der Waals surface area contributed by atoms with Crippen molar-refractivity contribution in [2.24, 2.45) is 0 Å². The third-order valence-electron chi connectivity index (χ3n) is 1.81. The molecule has 0 unspecified atom stereocenters. The zero-order valence-electron chi connectivity index (χ0n) is 7.14. The summed E-state index contributed by atoms with van der Waals surface area (Å²) in [4.78, 5) is 9.94. The van der Waals surface area contributed by atoms with Gasteiger partial charge in [-0.05, 0) is 18.2 Å². The van der Waals surface area contributed by atoms with Gasteiger partial charge in [0.2, 0.25) is 0 Å². The highest BCUT2D eigenvalue weighted by molar-refractivity contribution is 5.58. The van der Waals surface area contributed by atoms with E-state index < -0.39 is 4.92 Å². The molecule has 0 spiro atoms. The van der Waals surface area contributed by atoms with E-state index in [1.165, 1.54) is 18.4 Å². The largest absolute Gasteiger partial charge is 0.464 e. The molecule has 14 heavy (non-hydrogen) atoms. The van der Waals surface area contributed by atoms with Gasteiger partial charge in [-0.25, -0.2) is 0 Å². The monoisotopic (exact) mass is 188 g/mol. The summed E-state index contributed by atoms with van der Waals surface area (Å²) in [7, 11) is 0. The first kappa shape index (κ1) is 8.50. The topological polar surface area (TPSA) is 56.3 Å². The summed E-state index contributed by atoms with van der Waals surface area (Å²) in [5, 5.41) is 10.4. The molecular formula is C10H6NO3. The molecule has 0 fully saturated rings. The quantitative estimate of drug-likeness (QED) is 0.537. The zero-order chi connectivity index (χ0) is 9.97. The molecule has 0 aliphatic rings. The summed E-state index contributed by atoms with van der Waals surface area (Å²) in [5.41, 5.74) is 0.848. The Morgan fingerprint density at radius 3 is 2.50 bits per heavy atom. The van der Waals surface area contributed by atoms with Crippen molar-refractivity contribution >= 4 is 5.69 Å². The number of hydrogen-bond acceptors (Lipinski definition) is 3. The van der Waals surface area contributed by atoms with E-state index in [4.69, 9.17) is 4.42 Å². The third kappa shape index (κ3) is 1.50. The molecule has 4 heteroatoms. The van der Waals surface area contributed by atoms with Crippen molar-refractivity contribution in [3.63, 3.8) is 0 Å². The van der Waals surface area contributed by atoms with Crippen molar-refractivity contribution in [2.45, 2.75) is 0 Å². The van der Waals surface area contributed by atoms with Gasteiger partial charge in [0.1, 0.15) is 5.76 Å². The molecule has 0 saturated carbocycles. The Bertz CT molecular complexity index is 431. The van der Waals surface area contributed by atoms with E-state index in [9.17, 15) is 10.1 Å². The van der Waals surface area contributed by atoms with Gasteiger partial charge >= 0.3 is 0 Å². The van der Waals surface area contributed by atoms with E-state index in [-0.39, 0.29) is 5.69 Å². The van der Waals surface area contributed by atoms with Crippen LogP contribution in [-0.4, -0.2) is 4.92 Å². The van der Waals surface area contributed by atoms with Gasteiger partial charge in [0, 0.05) is 23.8 Å². The number of non-ortho nitro benzene ring substituents is 1. The molecule has 1 radical (unpaired) electrons. The highest BCUT2D eigenvalue weighted by Crippen LogP contribution is 2.21. The molecule has 4 nitrogen and oxygen atoms in total. The van der Waals surface area contributed by atoms with Crippen LogP contribution in [0.15, 0.2) is 41.0 Å². The maximum atomic E-state index is 10.4. The molecule has 0 amide bonds. The van der Waals surface area contributed by atoms with Crippen molar-refractivity contribution in [2.75, 3.05) is 0 Å². The summed E-state index contributed by atoms with van der Waals surface area (Å²) in [6.45, 7) is 0. The van der Waals surface area contributed by atoms with Gasteiger partial charge in [-0.3, -0.25) is 10.1 Å². The Balaban J connectivity index is 2.36. The van der Waals surface area contributed by atoms with Crippen LogP contribution in [-0.2, 0) is 0 Å². The first-order chi connectivity index (χ1) is 6.77. The number of benzene rings is 1. The first-order valence-corrected chi connectivity index (χ1v) is 3.97. The van der Waals surface area contributed by atoms with Crippen LogP contribution in [0.4, 0.5) is 5.69 Å². The maximum absolute atomic E-state index is 10.4. The number of nitro groups is 1. The summed E-state index contributed by atoms with van der Waals surface area (Å²) in [5.74, 6) is 0.583. The molecule has 2 aromatic rings. The van der Waals surface area contributed by atoms with Crippen molar-refractivity contribution in [3.05, 3.63) is 52.8 Å². The minimum atomic E-state index is -0.435. The third-order valence-corrected chi connectivity index (χ3v) is 1.81. The standard InChI is InChI=1S/C10H6NO3/c12-11(13)9-5-3-8(4-6-9)10-2-1-7-14-10/h1,3-7H. The summed E-state index contributed by atoms with van der Waals surface area (Å²) >= 11 is 0. The molecule has 2 rings (SSSR count). The number of nitro benzene ring substituents is 1. The second-order valence-corrected chi connectivity index (χ2v) is 2.70. The van der Waals surface area contributed by atoms with Crippen molar-refractivity contribution in [3.8, 4) is 11.3 Å². The van der Waals surface area contributed by atoms with Gasteiger partial charge in [-0.2, -0.15) is 0 Å². The predicted molar refractivity (Wildman–Crippen MR) is 49.6 cm³/mol. The van der Waals surface area contributed by atoms with E-state index in [1.54, 1.807) is 18.2 Å². The van der Waals surface area contributed by atoms with Gasteiger partial charge in [0.25, 0.3) is 5.69 Å². The van der Waals surface area contributed by atoms with E-state index >= 15 is 0 Å². The highest BCUT2D eigenvalue weighted by atomic mass is 16.6. The van der Waals surface area contributed by atoms with Crippen LogP contribution >= 0.6 is 0 Å². The van der Waals surface area contributed by atoms with Crippen LogP contribution in [0.3, 0.4) is 0 Å². The van der Waals surface area contributed by atoms with E-state index in [2.05, 4.69) is 6.07 Å². The summed E-state index contributed by atoms with van der Waals surface area (Å²) in [6.07, 6.45) is 1.51. The molecule has 0 aliphatic heterocycles. The molecule has 69 valence electrons. The second-order valence-electron chi connectivity index (χ2n) is 2.70. The summed E-state index contributed by atoms with van der Waals surface area (Å²) < 4.78 is 5.09. The van der Waals surface area contributed by atoms with Gasteiger partial charge in [-0.1, -0.05) is 0 Å². The van der Waals surface area contributed by atoms with Gasteiger partial charge < -0.3 is 4.42 Å². The highest BCUT2D eigenvalue weighted by Gasteiger charge is 2.06. The Hall–Kier alpha value is -2.10. The lowest BCUT2D eigenvalue weighted by Gasteiger charge is -1.95. The fourth-order valence-electron chi connectivity index (χ4n) is 1.13. The predicted octanol–water partition coefficient (Wildman–Crippen LogP) is 2.65. The van der Waals surface area contributed by atoms with Crippen molar-refractivity contribution in [1.29, 1.82) is 0 Å². The van der Waals surface area contributed by atoms with Crippen molar-refractivity contribution < 1.29 is 9.34 Å². The maximum Gasteiger partial charge on any atom is 0.269 e. The fourth-order valence-corrected chi connectivity index (χ4v) is 1.13. The fraction of sp³-hybridized carbons (Fsp3) is 0. The molecule has 1 aromatic carbocycles. The minimum absolute atomic E-state index is 0.0697. The van der Waals surface area contributed by atoms with E-state index in [0.29, 0.717) is 5.76 Å². The van der Waals surface area contributed by atoms with Crippen LogP contribution in [0.25, 0.3) is 11.3 Å². The average Bonchev–Trinajstić information content (AvgIpc) is 2.71. The smallest absolute Gasteiger partial charge is 0.269 e. The molecular weight excluding hydrogens is 182 g/mol. The Kier molecular flexibility index (Phi) is 2.02. The van der Waals surface area contributed by atoms with Crippen LogP contribution in [0.2, 0.25) is 0 Å². The average molecular weight is 188 g/mol. The van der Waals surface area contributed by atoms with E-state index in [0.717, 1.165) is 5.56 Å². The minimum Gasteiger partial charge on any atom is -0.464 e. The molecule has 0 atom stereocenters. The van der Waals surface area contributed by atoms with Gasteiger partial charge in [0.15, 0.2) is 0 Å². The number of rotatable bonds is 2. The Labute approximate surface area is 79.9 Å². The number of nitrogens with zero attached hydrogens (tertiary/aromatic N) is 1. The molecule has 1 aromatic heterocycles. The number of furan rings is 1. The van der Waals surface area contributed by atoms with E-state index in [1.807, 2.05) is 0 Å². The molecule has 0 bridgehead atoms. The second kappa shape index (κ2) is 3.33. The number of hydrogen-bond donors (Lipinski definition) is 0. The normalized spacial score (nSPS) is 10.0. The first-order valence-electron chi connectivity index (χ1n) is 3.97. The SMILES string of the molecule is O=[N+]([O-])c1ccc(-c2[c]cco2)cc1. The Morgan fingerprint density at radius 2 is 2.00 bits per heavy atom. The zero-order valence-corrected chi connectivity index (χ0v) is 7.14. The molecule has 0 aliphatic carbocycles. The Morgan fingerprint density at radius 1 is 1.29 bits per heavy atom. The lowest BCUT2D eigenvalue weighted by molar-refractivity contribution is -0.384. The lowest BCUT2D eigenvalue weighted by atomic mass is 10.1. The van der Waals surface area contributed by atoms with Gasteiger partial charge in [0.05, 0.1) is 11.2 Å². The molecule has 0 N–H and O–H groups in total. The van der Waals surface area contributed by atoms with Gasteiger partial charge in [-0.15, -0.1) is 0 Å². The molecule has 1 heterocycles. The summed E-state index contributed by atoms with van der Waals surface area (Å²) in [6, 6.07) is 10.7. The van der Waals surface area contributed by atoms with Crippen molar-refractivity contribution in [1.82, 2.24) is 0 Å². The van der Waals surface area contributed by atoms with Crippen LogP contribution < -0.4 is 0 Å². The van der Waals surface area contributed by atoms with Crippen LogP contribution in [0.1, 0.15) is 0 Å². The van der Waals surface area contributed by atoms with Crippen LogP contribution in [0.5, 0.6) is 0 Å². The van der Waals surface area contributed by atoms with Crippen LogP contribution in [0, 0.1) is 16.2 Å².